The zero-order valence-corrected chi connectivity index (χ0v) is 9.32. The van der Waals surface area contributed by atoms with Crippen LogP contribution in [0.5, 0.6) is 0 Å². The van der Waals surface area contributed by atoms with Crippen LogP contribution in [0.4, 0.5) is 4.79 Å². The number of aliphatic hydroxyl groups is 1. The second-order valence-corrected chi connectivity index (χ2v) is 4.74. The highest BCUT2D eigenvalue weighted by Crippen LogP contribution is 2.20. The monoisotopic (exact) mass is 215 g/mol. The van der Waals surface area contributed by atoms with E-state index >= 15 is 0 Å². The van der Waals surface area contributed by atoms with Gasteiger partial charge in [0, 0.05) is 25.5 Å². The van der Waals surface area contributed by atoms with Crippen molar-refractivity contribution in [1.82, 2.24) is 4.90 Å². The Morgan fingerprint density at radius 2 is 2.20 bits per heavy atom. The van der Waals surface area contributed by atoms with Crippen molar-refractivity contribution < 1.29 is 19.4 Å². The Hall–Kier alpha value is -1.10. The number of amides is 2. The van der Waals surface area contributed by atoms with Gasteiger partial charge in [-0.2, -0.15) is 0 Å². The second kappa shape index (κ2) is 4.18. The Morgan fingerprint density at radius 3 is 2.60 bits per heavy atom. The molecule has 0 aromatic carbocycles. The van der Waals surface area contributed by atoms with Crippen LogP contribution in [0.25, 0.3) is 0 Å². The van der Waals surface area contributed by atoms with E-state index in [9.17, 15) is 9.59 Å². The van der Waals surface area contributed by atoms with Crippen molar-refractivity contribution in [2.75, 3.05) is 13.2 Å². The average molecular weight is 215 g/mol. The number of rotatable bonds is 1. The van der Waals surface area contributed by atoms with Gasteiger partial charge in [-0.1, -0.05) is 0 Å². The molecule has 0 spiro atoms. The Morgan fingerprint density at radius 1 is 1.60 bits per heavy atom. The normalized spacial score (nSPS) is 22.0. The lowest BCUT2D eigenvalue weighted by molar-refractivity contribution is -0.127. The van der Waals surface area contributed by atoms with Gasteiger partial charge < -0.3 is 9.84 Å². The molecular formula is C10H17NO4. The van der Waals surface area contributed by atoms with Crippen molar-refractivity contribution in [2.24, 2.45) is 5.92 Å². The largest absolute Gasteiger partial charge is 0.443 e. The van der Waals surface area contributed by atoms with Crippen LogP contribution in [0.2, 0.25) is 0 Å². The maximum absolute atomic E-state index is 11.5. The van der Waals surface area contributed by atoms with Crippen molar-refractivity contribution in [1.29, 1.82) is 0 Å². The number of carbonyl (C=O) groups is 2. The number of aliphatic hydroxyl groups excluding tert-OH is 1. The zero-order valence-electron chi connectivity index (χ0n) is 9.32. The summed E-state index contributed by atoms with van der Waals surface area (Å²) in [6, 6.07) is 0. The smallest absolute Gasteiger partial charge is 0.417 e. The molecule has 1 atom stereocenters. The molecule has 0 aromatic rings. The number of ether oxygens (including phenoxy) is 1. The number of nitrogens with zero attached hydrogens (tertiary/aromatic N) is 1. The summed E-state index contributed by atoms with van der Waals surface area (Å²) in [6.07, 6.45) is -0.404. The molecule has 1 rings (SSSR count). The molecule has 1 N–H and O–H groups in total. The number of hydrogen-bond donors (Lipinski definition) is 1. The van der Waals surface area contributed by atoms with Crippen molar-refractivity contribution in [3.8, 4) is 0 Å². The first-order valence-corrected chi connectivity index (χ1v) is 4.97. The van der Waals surface area contributed by atoms with Crippen molar-refractivity contribution in [3.05, 3.63) is 0 Å². The second-order valence-electron chi connectivity index (χ2n) is 4.74. The van der Waals surface area contributed by atoms with Gasteiger partial charge in [-0.25, -0.2) is 9.69 Å². The number of imide groups is 1. The standard InChI is InChI=1S/C10H17NO4/c1-10(2,3)15-9(14)11-5-7(6-12)4-8(11)13/h7,12H,4-6H2,1-3H3. The molecule has 0 bridgehead atoms. The van der Waals surface area contributed by atoms with Gasteiger partial charge >= 0.3 is 6.09 Å². The Balaban J connectivity index is 2.58. The van der Waals surface area contributed by atoms with Crippen LogP contribution in [0, 0.1) is 5.92 Å². The van der Waals surface area contributed by atoms with Gasteiger partial charge in [0.25, 0.3) is 0 Å². The lowest BCUT2D eigenvalue weighted by Crippen LogP contribution is -2.37. The van der Waals surface area contributed by atoms with E-state index in [4.69, 9.17) is 9.84 Å². The van der Waals surface area contributed by atoms with E-state index in [1.807, 2.05) is 0 Å². The fourth-order valence-corrected chi connectivity index (χ4v) is 1.40. The first-order chi connectivity index (χ1) is 6.83. The molecule has 1 heterocycles. The van der Waals surface area contributed by atoms with Gasteiger partial charge in [-0.15, -0.1) is 0 Å². The minimum atomic E-state index is -0.622. The fourth-order valence-electron chi connectivity index (χ4n) is 1.40. The van der Waals surface area contributed by atoms with Crippen LogP contribution in [-0.4, -0.2) is 40.8 Å². The summed E-state index contributed by atoms with van der Waals surface area (Å²) in [5, 5.41) is 8.88. The summed E-state index contributed by atoms with van der Waals surface area (Å²) >= 11 is 0. The van der Waals surface area contributed by atoms with Crippen LogP contribution in [0.3, 0.4) is 0 Å². The maximum atomic E-state index is 11.5. The summed E-state index contributed by atoms with van der Waals surface area (Å²) in [6.45, 7) is 5.41. The topological polar surface area (TPSA) is 66.8 Å². The SMILES string of the molecule is CC(C)(C)OC(=O)N1CC(CO)CC1=O. The highest BCUT2D eigenvalue weighted by atomic mass is 16.6. The lowest BCUT2D eigenvalue weighted by Gasteiger charge is -2.23. The van der Waals surface area contributed by atoms with Crippen molar-refractivity contribution in [2.45, 2.75) is 32.8 Å². The van der Waals surface area contributed by atoms with E-state index in [1.54, 1.807) is 20.8 Å². The Kier molecular flexibility index (Phi) is 3.34. The summed E-state index contributed by atoms with van der Waals surface area (Å²) in [4.78, 5) is 24.0. The molecule has 0 aromatic heterocycles. The predicted molar refractivity (Wildman–Crippen MR) is 53.1 cm³/mol. The minimum absolute atomic E-state index is 0.0783. The van der Waals surface area contributed by atoms with E-state index in [0.29, 0.717) is 0 Å². The van der Waals surface area contributed by atoms with Crippen LogP contribution >= 0.6 is 0 Å². The van der Waals surface area contributed by atoms with E-state index < -0.39 is 11.7 Å². The van der Waals surface area contributed by atoms with Crippen LogP contribution in [-0.2, 0) is 9.53 Å². The van der Waals surface area contributed by atoms with E-state index in [0.717, 1.165) is 4.90 Å². The zero-order chi connectivity index (χ0) is 11.6. The van der Waals surface area contributed by atoms with Crippen molar-refractivity contribution >= 4 is 12.0 Å². The summed E-state index contributed by atoms with van der Waals surface area (Å²) < 4.78 is 5.07. The Labute approximate surface area is 89.0 Å². The quantitative estimate of drug-likeness (QED) is 0.701. The summed E-state index contributed by atoms with van der Waals surface area (Å²) in [5.74, 6) is -0.423. The third-order valence-corrected chi connectivity index (χ3v) is 2.08. The van der Waals surface area contributed by atoms with Gasteiger partial charge in [-0.3, -0.25) is 4.79 Å². The Bertz CT molecular complexity index is 269. The van der Waals surface area contributed by atoms with E-state index in [1.165, 1.54) is 0 Å². The molecule has 86 valence electrons. The van der Waals surface area contributed by atoms with E-state index in [2.05, 4.69) is 0 Å². The average Bonchev–Trinajstić information content (AvgIpc) is 2.43. The molecule has 1 unspecified atom stereocenters. The fraction of sp³-hybridized carbons (Fsp3) is 0.800. The molecule has 2 amide bonds. The molecule has 1 saturated heterocycles. The van der Waals surface area contributed by atoms with E-state index in [-0.39, 0.29) is 31.4 Å². The van der Waals surface area contributed by atoms with Crippen LogP contribution in [0.15, 0.2) is 0 Å². The van der Waals surface area contributed by atoms with Gasteiger partial charge in [-0.05, 0) is 20.8 Å². The highest BCUT2D eigenvalue weighted by Gasteiger charge is 2.35. The molecule has 1 aliphatic heterocycles. The molecule has 0 saturated carbocycles. The number of carbonyl (C=O) groups excluding carboxylic acids is 2. The summed E-state index contributed by atoms with van der Waals surface area (Å²) in [5.41, 5.74) is -0.603. The molecule has 0 radical (unpaired) electrons. The molecule has 0 aliphatic carbocycles. The van der Waals surface area contributed by atoms with Crippen LogP contribution < -0.4 is 0 Å². The summed E-state index contributed by atoms with van der Waals surface area (Å²) in [7, 11) is 0. The molecule has 5 heteroatoms. The minimum Gasteiger partial charge on any atom is -0.443 e. The lowest BCUT2D eigenvalue weighted by atomic mass is 10.1. The predicted octanol–water partition coefficient (Wildman–Crippen LogP) is 0.762. The third kappa shape index (κ3) is 3.20. The third-order valence-electron chi connectivity index (χ3n) is 2.08. The van der Waals surface area contributed by atoms with Gasteiger partial charge in [0.05, 0.1) is 0 Å². The van der Waals surface area contributed by atoms with Crippen LogP contribution in [0.1, 0.15) is 27.2 Å². The van der Waals surface area contributed by atoms with Crippen molar-refractivity contribution in [3.63, 3.8) is 0 Å². The number of likely N-dealkylation sites (tertiary alicyclic amines) is 1. The molecule has 15 heavy (non-hydrogen) atoms. The highest BCUT2D eigenvalue weighted by molar-refractivity contribution is 5.93. The van der Waals surface area contributed by atoms with Gasteiger partial charge in [0.2, 0.25) is 5.91 Å². The maximum Gasteiger partial charge on any atom is 0.417 e. The molecular weight excluding hydrogens is 198 g/mol. The number of hydrogen-bond acceptors (Lipinski definition) is 4. The van der Waals surface area contributed by atoms with Gasteiger partial charge in [0.15, 0.2) is 0 Å². The molecule has 1 fully saturated rings. The first kappa shape index (κ1) is 12.0. The molecule has 5 nitrogen and oxygen atoms in total. The first-order valence-electron chi connectivity index (χ1n) is 4.97. The van der Waals surface area contributed by atoms with Gasteiger partial charge in [0.1, 0.15) is 5.60 Å². The molecule has 1 aliphatic rings.